The molecule has 1 atom stereocenters. The van der Waals surface area contributed by atoms with E-state index in [4.69, 9.17) is 0 Å². The molecule has 0 saturated carbocycles. The molecule has 1 aliphatic rings. The molecule has 2 aromatic rings. The number of benzene rings is 1. The lowest BCUT2D eigenvalue weighted by molar-refractivity contribution is 0.0677. The topological polar surface area (TPSA) is 45.2 Å². The van der Waals surface area contributed by atoms with Crippen LogP contribution in [-0.2, 0) is 6.54 Å². The predicted octanol–water partition coefficient (Wildman–Crippen LogP) is 3.87. The van der Waals surface area contributed by atoms with Crippen LogP contribution in [0.1, 0.15) is 41.4 Å². The van der Waals surface area contributed by atoms with Gasteiger partial charge in [0.05, 0.1) is 0 Å². The second-order valence-electron chi connectivity index (χ2n) is 6.71. The Hall–Kier alpha value is -2.36. The van der Waals surface area contributed by atoms with Crippen molar-refractivity contribution in [3.8, 4) is 0 Å². The molecular weight excluding hydrogens is 298 g/mol. The van der Waals surface area contributed by atoms with E-state index in [0.29, 0.717) is 11.6 Å². The Morgan fingerprint density at radius 3 is 2.96 bits per heavy atom. The molecule has 1 N–H and O–H groups in total. The van der Waals surface area contributed by atoms with Crippen LogP contribution in [0.4, 0.5) is 5.69 Å². The second-order valence-corrected chi connectivity index (χ2v) is 6.71. The first-order valence-corrected chi connectivity index (χ1v) is 8.67. The van der Waals surface area contributed by atoms with Crippen LogP contribution >= 0.6 is 0 Å². The number of anilines is 1. The molecule has 2 heterocycles. The highest BCUT2D eigenvalue weighted by Gasteiger charge is 2.22. The molecule has 0 spiro atoms. The van der Waals surface area contributed by atoms with Gasteiger partial charge >= 0.3 is 0 Å². The summed E-state index contributed by atoms with van der Waals surface area (Å²) in [6.45, 7) is 6.72. The Morgan fingerprint density at radius 1 is 1.33 bits per heavy atom. The molecule has 4 heteroatoms. The predicted molar refractivity (Wildman–Crippen MR) is 97.0 cm³/mol. The summed E-state index contributed by atoms with van der Waals surface area (Å²) in [6.07, 6.45) is 3.99. The first-order valence-electron chi connectivity index (χ1n) is 8.67. The fourth-order valence-corrected chi connectivity index (χ4v) is 3.20. The van der Waals surface area contributed by atoms with Crippen molar-refractivity contribution in [1.29, 1.82) is 0 Å². The Kier molecular flexibility index (Phi) is 5.14. The van der Waals surface area contributed by atoms with E-state index in [0.717, 1.165) is 31.7 Å². The zero-order valence-electron chi connectivity index (χ0n) is 14.5. The van der Waals surface area contributed by atoms with Crippen LogP contribution in [0.15, 0.2) is 42.6 Å². The number of piperidine rings is 1. The molecule has 0 radical (unpaired) electrons. The van der Waals surface area contributed by atoms with Gasteiger partial charge < -0.3 is 10.2 Å². The van der Waals surface area contributed by atoms with Gasteiger partial charge in [-0.15, -0.1) is 0 Å². The van der Waals surface area contributed by atoms with E-state index in [1.807, 2.05) is 29.2 Å². The number of aryl methyl sites for hydroxylation is 1. The molecule has 3 rings (SSSR count). The van der Waals surface area contributed by atoms with Crippen molar-refractivity contribution in [2.24, 2.45) is 5.92 Å². The van der Waals surface area contributed by atoms with Crippen LogP contribution < -0.4 is 5.32 Å². The fraction of sp³-hybridized carbons (Fsp3) is 0.400. The van der Waals surface area contributed by atoms with Gasteiger partial charge in [-0.25, -0.2) is 0 Å². The van der Waals surface area contributed by atoms with E-state index >= 15 is 0 Å². The van der Waals surface area contributed by atoms with Crippen molar-refractivity contribution in [3.63, 3.8) is 0 Å². The Balaban J connectivity index is 1.67. The van der Waals surface area contributed by atoms with Crippen molar-refractivity contribution in [1.82, 2.24) is 9.88 Å². The minimum atomic E-state index is 0.0427. The summed E-state index contributed by atoms with van der Waals surface area (Å²) in [4.78, 5) is 18.9. The van der Waals surface area contributed by atoms with Gasteiger partial charge in [0, 0.05) is 31.5 Å². The summed E-state index contributed by atoms with van der Waals surface area (Å²) >= 11 is 0. The Bertz CT molecular complexity index is 714. The number of pyridine rings is 1. The maximum absolute atomic E-state index is 12.7. The number of nitrogens with one attached hydrogen (secondary N) is 1. The molecule has 0 bridgehead atoms. The largest absolute Gasteiger partial charge is 0.381 e. The van der Waals surface area contributed by atoms with Gasteiger partial charge in [0.2, 0.25) is 0 Å². The van der Waals surface area contributed by atoms with E-state index in [2.05, 4.69) is 36.3 Å². The van der Waals surface area contributed by atoms with Crippen molar-refractivity contribution in [2.75, 3.05) is 18.4 Å². The smallest absolute Gasteiger partial charge is 0.272 e. The molecule has 0 aliphatic carbocycles. The second kappa shape index (κ2) is 7.47. The van der Waals surface area contributed by atoms with Gasteiger partial charge in [-0.3, -0.25) is 9.78 Å². The van der Waals surface area contributed by atoms with E-state index in [9.17, 15) is 4.79 Å². The maximum atomic E-state index is 12.7. The van der Waals surface area contributed by atoms with E-state index in [1.54, 1.807) is 6.20 Å². The number of nitrogens with zero attached hydrogens (tertiary/aromatic N) is 2. The highest BCUT2D eigenvalue weighted by Crippen LogP contribution is 2.19. The summed E-state index contributed by atoms with van der Waals surface area (Å²) in [5.74, 6) is 0.617. The van der Waals surface area contributed by atoms with E-state index < -0.39 is 0 Å². The summed E-state index contributed by atoms with van der Waals surface area (Å²) in [7, 11) is 0. The first kappa shape index (κ1) is 16.5. The summed E-state index contributed by atoms with van der Waals surface area (Å²) in [5, 5.41) is 3.40. The molecule has 1 aromatic heterocycles. The Labute approximate surface area is 143 Å². The SMILES string of the molecule is Cc1ccccc1CNc1ccnc(C(=O)N2CCCC(C)C2)c1. The van der Waals surface area contributed by atoms with Gasteiger partial charge in [0.1, 0.15) is 5.69 Å². The lowest BCUT2D eigenvalue weighted by Gasteiger charge is -2.30. The normalized spacial score (nSPS) is 17.6. The maximum Gasteiger partial charge on any atom is 0.272 e. The van der Waals surface area contributed by atoms with E-state index in [1.165, 1.54) is 17.5 Å². The minimum Gasteiger partial charge on any atom is -0.381 e. The molecule has 1 amide bonds. The number of hydrogen-bond acceptors (Lipinski definition) is 3. The van der Waals surface area contributed by atoms with Gasteiger partial charge in [-0.2, -0.15) is 0 Å². The van der Waals surface area contributed by atoms with Crippen LogP contribution in [0, 0.1) is 12.8 Å². The molecule has 24 heavy (non-hydrogen) atoms. The van der Waals surface area contributed by atoms with Crippen LogP contribution in [-0.4, -0.2) is 28.9 Å². The number of carbonyl (C=O) groups is 1. The zero-order valence-corrected chi connectivity index (χ0v) is 14.5. The number of likely N-dealkylation sites (tertiary alicyclic amines) is 1. The van der Waals surface area contributed by atoms with Gasteiger partial charge in [0.15, 0.2) is 0 Å². The molecule has 126 valence electrons. The summed E-state index contributed by atoms with van der Waals surface area (Å²) in [6, 6.07) is 12.1. The zero-order chi connectivity index (χ0) is 16.9. The standard InChI is InChI=1S/C20H25N3O/c1-15-6-5-11-23(14-15)20(24)19-12-18(9-10-21-19)22-13-17-8-4-3-7-16(17)2/h3-4,7-10,12,15H,5-6,11,13-14H2,1-2H3,(H,21,22). The fourth-order valence-electron chi connectivity index (χ4n) is 3.20. The van der Waals surface area contributed by atoms with Crippen molar-refractivity contribution < 1.29 is 4.79 Å². The van der Waals surface area contributed by atoms with Crippen LogP contribution in [0.25, 0.3) is 0 Å². The number of hydrogen-bond donors (Lipinski definition) is 1. The van der Waals surface area contributed by atoms with Crippen LogP contribution in [0.3, 0.4) is 0 Å². The number of aromatic nitrogens is 1. The third-order valence-electron chi connectivity index (χ3n) is 4.67. The molecule has 1 fully saturated rings. The minimum absolute atomic E-state index is 0.0427. The number of rotatable bonds is 4. The molecule has 1 aliphatic heterocycles. The number of carbonyl (C=O) groups excluding carboxylic acids is 1. The van der Waals surface area contributed by atoms with Crippen molar-refractivity contribution in [3.05, 3.63) is 59.4 Å². The lowest BCUT2D eigenvalue weighted by atomic mass is 10.00. The average Bonchev–Trinajstić information content (AvgIpc) is 2.61. The van der Waals surface area contributed by atoms with Crippen LogP contribution in [0.2, 0.25) is 0 Å². The summed E-state index contributed by atoms with van der Waals surface area (Å²) < 4.78 is 0. The Morgan fingerprint density at radius 2 is 2.17 bits per heavy atom. The number of amides is 1. The molecular formula is C20H25N3O. The first-order chi connectivity index (χ1) is 11.6. The van der Waals surface area contributed by atoms with Gasteiger partial charge in [-0.05, 0) is 48.9 Å². The molecule has 1 saturated heterocycles. The molecule has 1 unspecified atom stereocenters. The highest BCUT2D eigenvalue weighted by atomic mass is 16.2. The quantitative estimate of drug-likeness (QED) is 0.929. The third-order valence-corrected chi connectivity index (χ3v) is 4.67. The van der Waals surface area contributed by atoms with Crippen molar-refractivity contribution in [2.45, 2.75) is 33.2 Å². The highest BCUT2D eigenvalue weighted by molar-refractivity contribution is 5.93. The lowest BCUT2D eigenvalue weighted by Crippen LogP contribution is -2.39. The van der Waals surface area contributed by atoms with Gasteiger partial charge in [0.25, 0.3) is 5.91 Å². The monoisotopic (exact) mass is 323 g/mol. The average molecular weight is 323 g/mol. The van der Waals surface area contributed by atoms with Gasteiger partial charge in [-0.1, -0.05) is 31.2 Å². The van der Waals surface area contributed by atoms with Crippen molar-refractivity contribution >= 4 is 11.6 Å². The van der Waals surface area contributed by atoms with Crippen LogP contribution in [0.5, 0.6) is 0 Å². The van der Waals surface area contributed by atoms with E-state index in [-0.39, 0.29) is 5.91 Å². The molecule has 4 nitrogen and oxygen atoms in total. The third kappa shape index (κ3) is 3.94. The summed E-state index contributed by atoms with van der Waals surface area (Å²) in [5.41, 5.74) is 3.98. The molecule has 1 aromatic carbocycles.